The van der Waals surface area contributed by atoms with E-state index >= 15 is 0 Å². The second-order valence-electron chi connectivity index (χ2n) is 4.44. The van der Waals surface area contributed by atoms with Gasteiger partial charge in [0.25, 0.3) is 0 Å². The molecule has 0 saturated carbocycles. The maximum absolute atomic E-state index is 9.11. The minimum atomic E-state index is 0.111. The maximum Gasteiger partial charge on any atom is 0.134 e. The Morgan fingerprint density at radius 2 is 2.16 bits per heavy atom. The number of hydrogen-bond acceptors (Lipinski definition) is 3. The van der Waals surface area contributed by atoms with E-state index in [0.717, 1.165) is 23.5 Å². The molecule has 0 radical (unpaired) electrons. The van der Waals surface area contributed by atoms with Gasteiger partial charge < -0.3 is 14.8 Å². The van der Waals surface area contributed by atoms with Crippen LogP contribution in [-0.2, 0) is 6.54 Å². The zero-order valence-corrected chi connectivity index (χ0v) is 11.7. The number of rotatable bonds is 6. The van der Waals surface area contributed by atoms with Crippen LogP contribution in [0.1, 0.15) is 19.1 Å². The zero-order chi connectivity index (χ0) is 13.7. The van der Waals surface area contributed by atoms with E-state index in [1.165, 1.54) is 0 Å². The van der Waals surface area contributed by atoms with Gasteiger partial charge in [0.1, 0.15) is 11.5 Å². The summed E-state index contributed by atoms with van der Waals surface area (Å²) in [6, 6.07) is 11.6. The summed E-state index contributed by atoms with van der Waals surface area (Å²) >= 11 is 5.96. The fourth-order valence-corrected chi connectivity index (χ4v) is 2.04. The first kappa shape index (κ1) is 14.1. The van der Waals surface area contributed by atoms with Crippen LogP contribution in [0.2, 0.25) is 5.02 Å². The van der Waals surface area contributed by atoms with Gasteiger partial charge in [-0.3, -0.25) is 0 Å². The van der Waals surface area contributed by atoms with E-state index in [2.05, 4.69) is 5.32 Å². The van der Waals surface area contributed by atoms with Crippen molar-refractivity contribution in [2.24, 2.45) is 0 Å². The standard InChI is InChI=1S/C15H18ClNO2/c1-2-13(10-18)17-9-14-6-7-15(19-14)11-4-3-5-12(16)8-11/h3-8,13,17-18H,2,9-10H2,1H3. The molecule has 0 fully saturated rings. The first-order valence-corrected chi connectivity index (χ1v) is 6.79. The van der Waals surface area contributed by atoms with Crippen molar-refractivity contribution in [3.8, 4) is 11.3 Å². The maximum atomic E-state index is 9.11. The average molecular weight is 280 g/mol. The molecule has 102 valence electrons. The molecule has 1 unspecified atom stereocenters. The van der Waals surface area contributed by atoms with Crippen molar-refractivity contribution in [3.63, 3.8) is 0 Å². The van der Waals surface area contributed by atoms with Crippen LogP contribution in [-0.4, -0.2) is 17.8 Å². The van der Waals surface area contributed by atoms with Crippen LogP contribution in [0.5, 0.6) is 0 Å². The van der Waals surface area contributed by atoms with Gasteiger partial charge in [-0.2, -0.15) is 0 Å². The summed E-state index contributed by atoms with van der Waals surface area (Å²) in [6.07, 6.45) is 0.887. The highest BCUT2D eigenvalue weighted by molar-refractivity contribution is 6.30. The molecule has 0 aliphatic heterocycles. The normalized spacial score (nSPS) is 12.6. The lowest BCUT2D eigenvalue weighted by molar-refractivity contribution is 0.235. The number of hydrogen-bond donors (Lipinski definition) is 2. The zero-order valence-electron chi connectivity index (χ0n) is 10.9. The Kier molecular flexibility index (Phi) is 5.02. The average Bonchev–Trinajstić information content (AvgIpc) is 2.89. The molecule has 19 heavy (non-hydrogen) atoms. The Morgan fingerprint density at radius 3 is 2.84 bits per heavy atom. The van der Waals surface area contributed by atoms with Crippen LogP contribution < -0.4 is 5.32 Å². The van der Waals surface area contributed by atoms with Gasteiger partial charge in [0.2, 0.25) is 0 Å². The molecule has 2 aromatic rings. The summed E-state index contributed by atoms with van der Waals surface area (Å²) in [5, 5.41) is 13.0. The van der Waals surface area contributed by atoms with Crippen molar-refractivity contribution < 1.29 is 9.52 Å². The Hall–Kier alpha value is -1.29. The molecule has 1 heterocycles. The number of aliphatic hydroxyl groups excluding tert-OH is 1. The third-order valence-corrected chi connectivity index (χ3v) is 3.28. The molecule has 0 spiro atoms. The van der Waals surface area contributed by atoms with Gasteiger partial charge in [0.05, 0.1) is 13.2 Å². The number of halogens is 1. The molecule has 4 heteroatoms. The van der Waals surface area contributed by atoms with Gasteiger partial charge in [-0.05, 0) is 30.7 Å². The first-order chi connectivity index (χ1) is 9.22. The predicted molar refractivity (Wildman–Crippen MR) is 77.2 cm³/mol. The summed E-state index contributed by atoms with van der Waals surface area (Å²) in [4.78, 5) is 0. The topological polar surface area (TPSA) is 45.4 Å². The molecule has 0 saturated heterocycles. The molecule has 2 rings (SSSR count). The number of nitrogens with one attached hydrogen (secondary N) is 1. The van der Waals surface area contributed by atoms with Crippen molar-refractivity contribution in [1.29, 1.82) is 0 Å². The summed E-state index contributed by atoms with van der Waals surface area (Å²) < 4.78 is 5.76. The quantitative estimate of drug-likeness (QED) is 0.851. The molecule has 0 aliphatic carbocycles. The number of furan rings is 1. The van der Waals surface area contributed by atoms with E-state index in [1.807, 2.05) is 43.3 Å². The van der Waals surface area contributed by atoms with Crippen molar-refractivity contribution in [3.05, 3.63) is 47.2 Å². The van der Waals surface area contributed by atoms with Gasteiger partial charge in [-0.1, -0.05) is 30.7 Å². The smallest absolute Gasteiger partial charge is 0.134 e. The van der Waals surface area contributed by atoms with E-state index < -0.39 is 0 Å². The van der Waals surface area contributed by atoms with Crippen molar-refractivity contribution in [2.75, 3.05) is 6.61 Å². The highest BCUT2D eigenvalue weighted by Crippen LogP contribution is 2.24. The lowest BCUT2D eigenvalue weighted by atomic mass is 10.2. The number of benzene rings is 1. The van der Waals surface area contributed by atoms with Gasteiger partial charge in [0, 0.05) is 16.6 Å². The molecule has 2 N–H and O–H groups in total. The third kappa shape index (κ3) is 3.83. The summed E-state index contributed by atoms with van der Waals surface area (Å²) in [6.45, 7) is 2.78. The molecule has 1 atom stereocenters. The van der Waals surface area contributed by atoms with E-state index in [-0.39, 0.29) is 12.6 Å². The SMILES string of the molecule is CCC(CO)NCc1ccc(-c2cccc(Cl)c2)o1. The molecule has 1 aromatic carbocycles. The van der Waals surface area contributed by atoms with Crippen LogP contribution >= 0.6 is 11.6 Å². The van der Waals surface area contributed by atoms with E-state index in [4.69, 9.17) is 21.1 Å². The van der Waals surface area contributed by atoms with Crippen molar-refractivity contribution in [2.45, 2.75) is 25.9 Å². The Bertz CT molecular complexity index is 520. The van der Waals surface area contributed by atoms with Gasteiger partial charge in [-0.15, -0.1) is 0 Å². The fourth-order valence-electron chi connectivity index (χ4n) is 1.85. The number of aliphatic hydroxyl groups is 1. The summed E-state index contributed by atoms with van der Waals surface area (Å²) in [5.41, 5.74) is 0.966. The van der Waals surface area contributed by atoms with Gasteiger partial charge in [0.15, 0.2) is 0 Å². The molecule has 0 amide bonds. The molecule has 0 bridgehead atoms. The Morgan fingerprint density at radius 1 is 1.32 bits per heavy atom. The van der Waals surface area contributed by atoms with Crippen LogP contribution in [0.15, 0.2) is 40.8 Å². The van der Waals surface area contributed by atoms with Crippen LogP contribution in [0.3, 0.4) is 0 Å². The Balaban J connectivity index is 2.03. The largest absolute Gasteiger partial charge is 0.460 e. The summed E-state index contributed by atoms with van der Waals surface area (Å²) in [7, 11) is 0. The van der Waals surface area contributed by atoms with Gasteiger partial charge in [-0.25, -0.2) is 0 Å². The molecule has 3 nitrogen and oxygen atoms in total. The molecular weight excluding hydrogens is 262 g/mol. The molecular formula is C15H18ClNO2. The van der Waals surface area contributed by atoms with E-state index in [1.54, 1.807) is 0 Å². The highest BCUT2D eigenvalue weighted by Gasteiger charge is 2.08. The minimum Gasteiger partial charge on any atom is -0.460 e. The molecule has 1 aromatic heterocycles. The Labute approximate surface area is 118 Å². The van der Waals surface area contributed by atoms with E-state index in [9.17, 15) is 0 Å². The third-order valence-electron chi connectivity index (χ3n) is 3.05. The van der Waals surface area contributed by atoms with Crippen molar-refractivity contribution >= 4 is 11.6 Å². The highest BCUT2D eigenvalue weighted by atomic mass is 35.5. The summed E-state index contributed by atoms with van der Waals surface area (Å²) in [5.74, 6) is 1.65. The van der Waals surface area contributed by atoms with Crippen molar-refractivity contribution in [1.82, 2.24) is 5.32 Å². The predicted octanol–water partition coefficient (Wildman–Crippen LogP) is 3.46. The molecule has 0 aliphatic rings. The lowest BCUT2D eigenvalue weighted by Gasteiger charge is -2.12. The van der Waals surface area contributed by atoms with E-state index in [0.29, 0.717) is 11.6 Å². The van der Waals surface area contributed by atoms with Gasteiger partial charge >= 0.3 is 0 Å². The van der Waals surface area contributed by atoms with Crippen LogP contribution in [0.4, 0.5) is 0 Å². The second kappa shape index (κ2) is 6.75. The minimum absolute atomic E-state index is 0.111. The second-order valence-corrected chi connectivity index (χ2v) is 4.88. The first-order valence-electron chi connectivity index (χ1n) is 6.41. The van der Waals surface area contributed by atoms with Crippen LogP contribution in [0.25, 0.3) is 11.3 Å². The van der Waals surface area contributed by atoms with Crippen LogP contribution in [0, 0.1) is 0 Å². The monoisotopic (exact) mass is 279 g/mol. The fraction of sp³-hybridized carbons (Fsp3) is 0.333. The lowest BCUT2D eigenvalue weighted by Crippen LogP contribution is -2.30.